The van der Waals surface area contributed by atoms with E-state index in [-0.39, 0.29) is 22.7 Å². The zero-order chi connectivity index (χ0) is 19.8. The topological polar surface area (TPSA) is 90.6 Å². The van der Waals surface area contributed by atoms with Gasteiger partial charge in [0.1, 0.15) is 29.1 Å². The van der Waals surface area contributed by atoms with Gasteiger partial charge in [0.05, 0.1) is 11.3 Å². The number of carbonyl (C=O) groups excluding carboxylic acids is 2. The van der Waals surface area contributed by atoms with E-state index in [1.165, 1.54) is 30.3 Å². The number of phenols is 1. The molecule has 0 unspecified atom stereocenters. The van der Waals surface area contributed by atoms with Crippen molar-refractivity contribution < 1.29 is 23.8 Å². The van der Waals surface area contributed by atoms with E-state index in [0.29, 0.717) is 29.7 Å². The van der Waals surface area contributed by atoms with Gasteiger partial charge < -0.3 is 9.84 Å². The van der Waals surface area contributed by atoms with Gasteiger partial charge >= 0.3 is 0 Å². The smallest absolute Gasteiger partial charge is 0.261 e. The normalized spacial score (nSPS) is 16.2. The number of ether oxygens (including phenoxy) is 1. The molecule has 2 aliphatic rings. The number of rotatable bonds is 3. The highest BCUT2D eigenvalue weighted by Gasteiger charge is 2.41. The number of benzene rings is 2. The molecule has 140 valence electrons. The lowest BCUT2D eigenvalue weighted by molar-refractivity contribution is -0.120. The Labute approximate surface area is 160 Å². The van der Waals surface area contributed by atoms with E-state index in [2.05, 4.69) is 0 Å². The number of aromatic hydroxyl groups is 1. The second-order valence-corrected chi connectivity index (χ2v) is 6.62. The third-order valence-corrected chi connectivity index (χ3v) is 4.87. The summed E-state index contributed by atoms with van der Waals surface area (Å²) >= 11 is 0. The van der Waals surface area contributed by atoms with Gasteiger partial charge in [-0.25, -0.2) is 9.29 Å². The summed E-state index contributed by atoms with van der Waals surface area (Å²) < 4.78 is 20.3. The molecule has 28 heavy (non-hydrogen) atoms. The fraction of sp³-hybridized carbons (Fsp3) is 0.190. The first kappa shape index (κ1) is 17.7. The van der Waals surface area contributed by atoms with Crippen LogP contribution < -0.4 is 9.64 Å². The monoisotopic (exact) mass is 378 g/mol. The Morgan fingerprint density at radius 3 is 2.21 bits per heavy atom. The predicted molar refractivity (Wildman–Crippen MR) is 97.3 cm³/mol. The van der Waals surface area contributed by atoms with Crippen molar-refractivity contribution in [1.82, 2.24) is 0 Å². The number of anilines is 1. The van der Waals surface area contributed by atoms with Gasteiger partial charge in [0.15, 0.2) is 0 Å². The Balaban J connectivity index is 1.74. The van der Waals surface area contributed by atoms with Crippen molar-refractivity contribution in [3.8, 4) is 23.3 Å². The highest BCUT2D eigenvalue weighted by atomic mass is 19.1. The lowest BCUT2D eigenvalue weighted by atomic mass is 9.93. The average Bonchev–Trinajstić information content (AvgIpc) is 2.95. The molecular weight excluding hydrogens is 363 g/mol. The average molecular weight is 378 g/mol. The van der Waals surface area contributed by atoms with Gasteiger partial charge in [-0.2, -0.15) is 5.26 Å². The molecule has 0 saturated heterocycles. The summed E-state index contributed by atoms with van der Waals surface area (Å²) in [6.45, 7) is 0. The van der Waals surface area contributed by atoms with E-state index in [9.17, 15) is 24.3 Å². The van der Waals surface area contributed by atoms with Crippen molar-refractivity contribution in [2.45, 2.75) is 25.7 Å². The van der Waals surface area contributed by atoms with Gasteiger partial charge in [-0.15, -0.1) is 0 Å². The molecule has 2 aromatic rings. The van der Waals surface area contributed by atoms with E-state index in [1.54, 1.807) is 0 Å². The summed E-state index contributed by atoms with van der Waals surface area (Å²) in [5.41, 5.74) is 0.574. The van der Waals surface area contributed by atoms with Crippen molar-refractivity contribution in [3.05, 3.63) is 58.9 Å². The Bertz CT molecular complexity index is 1040. The number of hydrogen-bond acceptors (Lipinski definition) is 5. The Morgan fingerprint density at radius 1 is 1.04 bits per heavy atom. The minimum atomic E-state index is -0.851. The first-order valence-electron chi connectivity index (χ1n) is 8.81. The van der Waals surface area contributed by atoms with Crippen LogP contribution >= 0.6 is 0 Å². The van der Waals surface area contributed by atoms with Crippen LogP contribution in [0.5, 0.6) is 17.2 Å². The second kappa shape index (κ2) is 6.82. The van der Waals surface area contributed by atoms with Crippen molar-refractivity contribution >= 4 is 17.5 Å². The molecule has 0 radical (unpaired) electrons. The lowest BCUT2D eigenvalue weighted by Crippen LogP contribution is -2.32. The minimum absolute atomic E-state index is 0.00932. The van der Waals surface area contributed by atoms with Crippen molar-refractivity contribution in [2.75, 3.05) is 4.90 Å². The van der Waals surface area contributed by atoms with Crippen molar-refractivity contribution in [2.24, 2.45) is 0 Å². The lowest BCUT2D eigenvalue weighted by Gasteiger charge is -2.18. The molecule has 0 saturated carbocycles. The zero-order valence-corrected chi connectivity index (χ0v) is 14.7. The molecule has 0 fully saturated rings. The van der Waals surface area contributed by atoms with Crippen LogP contribution in [-0.4, -0.2) is 16.9 Å². The number of imide groups is 1. The summed E-state index contributed by atoms with van der Waals surface area (Å²) in [4.78, 5) is 26.3. The summed E-state index contributed by atoms with van der Waals surface area (Å²) in [6.07, 6.45) is 2.64. The fourth-order valence-electron chi connectivity index (χ4n) is 3.49. The Hall–Kier alpha value is -3.66. The first-order chi connectivity index (χ1) is 13.5. The number of hydrogen-bond donors (Lipinski definition) is 1. The van der Waals surface area contributed by atoms with Crippen LogP contribution in [0.15, 0.2) is 47.5 Å². The van der Waals surface area contributed by atoms with Gasteiger partial charge in [0.25, 0.3) is 11.8 Å². The third-order valence-electron chi connectivity index (χ3n) is 4.87. The van der Waals surface area contributed by atoms with E-state index in [1.807, 2.05) is 6.07 Å². The third kappa shape index (κ3) is 2.89. The molecule has 0 aromatic heterocycles. The molecule has 2 aromatic carbocycles. The maximum atomic E-state index is 14.7. The second-order valence-electron chi connectivity index (χ2n) is 6.62. The summed E-state index contributed by atoms with van der Waals surface area (Å²) in [5.74, 6) is -1.52. The molecule has 7 heteroatoms. The van der Waals surface area contributed by atoms with E-state index in [0.717, 1.165) is 23.8 Å². The van der Waals surface area contributed by atoms with Gasteiger partial charge in [-0.05, 0) is 56.0 Å². The minimum Gasteiger partial charge on any atom is -0.508 e. The Kier molecular flexibility index (Phi) is 4.32. The maximum absolute atomic E-state index is 14.7. The summed E-state index contributed by atoms with van der Waals surface area (Å²) in [6, 6.07) is 9.74. The molecule has 1 aliphatic carbocycles. The quantitative estimate of drug-likeness (QED) is 0.817. The number of nitriles is 1. The Morgan fingerprint density at radius 2 is 1.64 bits per heavy atom. The number of phenolic OH excluding ortho intramolecular Hbond substituents is 1. The highest BCUT2D eigenvalue weighted by Crippen LogP contribution is 2.39. The summed E-state index contributed by atoms with van der Waals surface area (Å²) in [7, 11) is 0. The standard InChI is InChI=1S/C21H15FN2O4/c22-17-9-12(11-23)19(28-14-7-5-13(25)6-8-14)10-18(17)24-20(26)15-3-1-2-4-16(15)21(24)27/h5-10,25H,1-4H2. The van der Waals surface area contributed by atoms with Crippen molar-refractivity contribution in [3.63, 3.8) is 0 Å². The number of halogens is 1. The molecule has 1 aliphatic heterocycles. The van der Waals surface area contributed by atoms with E-state index < -0.39 is 17.6 Å². The van der Waals surface area contributed by atoms with E-state index >= 15 is 0 Å². The highest BCUT2D eigenvalue weighted by molar-refractivity contribution is 6.33. The largest absolute Gasteiger partial charge is 0.508 e. The number of amides is 2. The maximum Gasteiger partial charge on any atom is 0.261 e. The molecule has 1 N–H and O–H groups in total. The van der Waals surface area contributed by atoms with Crippen LogP contribution in [0.25, 0.3) is 0 Å². The molecule has 0 bridgehead atoms. The molecule has 4 rings (SSSR count). The number of carbonyl (C=O) groups is 2. The van der Waals surface area contributed by atoms with Crippen LogP contribution in [0, 0.1) is 17.1 Å². The van der Waals surface area contributed by atoms with Crippen molar-refractivity contribution in [1.29, 1.82) is 5.26 Å². The van der Waals surface area contributed by atoms with Crippen LogP contribution in [0.3, 0.4) is 0 Å². The first-order valence-corrected chi connectivity index (χ1v) is 8.81. The molecule has 0 atom stereocenters. The van der Waals surface area contributed by atoms with Crippen LogP contribution in [0.4, 0.5) is 10.1 Å². The molecule has 0 spiro atoms. The fourth-order valence-corrected chi connectivity index (χ4v) is 3.49. The van der Waals surface area contributed by atoms with Crippen LogP contribution in [-0.2, 0) is 9.59 Å². The van der Waals surface area contributed by atoms with E-state index in [4.69, 9.17) is 4.74 Å². The molecule has 6 nitrogen and oxygen atoms in total. The SMILES string of the molecule is N#Cc1cc(F)c(N2C(=O)C3=C(CCCC3)C2=O)cc1Oc1ccc(O)cc1. The summed E-state index contributed by atoms with van der Waals surface area (Å²) in [5, 5.41) is 18.7. The molecular formula is C21H15FN2O4. The van der Waals surface area contributed by atoms with Gasteiger partial charge in [0.2, 0.25) is 0 Å². The van der Waals surface area contributed by atoms with Gasteiger partial charge in [0, 0.05) is 17.2 Å². The number of nitrogens with zero attached hydrogens (tertiary/aromatic N) is 2. The molecule has 2 amide bonds. The van der Waals surface area contributed by atoms with Gasteiger partial charge in [-0.3, -0.25) is 9.59 Å². The predicted octanol–water partition coefficient (Wildman–Crippen LogP) is 3.94. The van der Waals surface area contributed by atoms with Gasteiger partial charge in [-0.1, -0.05) is 0 Å². The molecule has 1 heterocycles. The van der Waals surface area contributed by atoms with Crippen LogP contribution in [0.2, 0.25) is 0 Å². The zero-order valence-electron chi connectivity index (χ0n) is 14.7. The van der Waals surface area contributed by atoms with Crippen LogP contribution in [0.1, 0.15) is 31.2 Å².